The number of Topliss-reactive ketones (excluding diaryl/α,β-unsaturated/α-hetero) is 2. The molecule has 6 aromatic rings. The molecule has 44 heavy (non-hydrogen) atoms. The molecular weight excluding hydrogens is 564 g/mol. The smallest absolute Gasteiger partial charge is 0.197 e. The van der Waals surface area contributed by atoms with Crippen LogP contribution in [-0.2, 0) is 5.41 Å². The summed E-state index contributed by atoms with van der Waals surface area (Å²) in [6.07, 6.45) is 1.78. The van der Waals surface area contributed by atoms with E-state index in [1.165, 1.54) is 5.56 Å². The zero-order valence-electron chi connectivity index (χ0n) is 24.8. The van der Waals surface area contributed by atoms with Gasteiger partial charge in [-0.25, -0.2) is 0 Å². The number of rotatable bonds is 3. The Bertz CT molecular complexity index is 2170. The van der Waals surface area contributed by atoms with E-state index in [0.717, 1.165) is 60.2 Å². The molecule has 0 saturated carbocycles. The van der Waals surface area contributed by atoms with Crippen LogP contribution in [0.2, 0.25) is 0 Å². The van der Waals surface area contributed by atoms with Gasteiger partial charge in [0.05, 0.1) is 22.6 Å². The normalized spacial score (nSPS) is 15.0. The van der Waals surface area contributed by atoms with Crippen LogP contribution >= 0.6 is 11.3 Å². The molecule has 0 saturated heterocycles. The van der Waals surface area contributed by atoms with Gasteiger partial charge in [0.25, 0.3) is 0 Å². The van der Waals surface area contributed by atoms with Gasteiger partial charge in [-0.3, -0.25) is 9.59 Å². The van der Waals surface area contributed by atoms with E-state index in [-0.39, 0.29) is 22.6 Å². The second kappa shape index (κ2) is 9.46. The van der Waals surface area contributed by atoms with Crippen molar-refractivity contribution in [3.8, 4) is 11.1 Å². The maximum absolute atomic E-state index is 13.3. The summed E-state index contributed by atoms with van der Waals surface area (Å²) < 4.78 is 5.53. The van der Waals surface area contributed by atoms with E-state index in [4.69, 9.17) is 4.52 Å². The number of nitrogens with zero attached hydrogens (tertiary/aromatic N) is 2. The van der Waals surface area contributed by atoms with Crippen LogP contribution in [0.5, 0.6) is 0 Å². The minimum absolute atomic E-state index is 0.213. The third kappa shape index (κ3) is 3.74. The van der Waals surface area contributed by atoms with Gasteiger partial charge in [0.2, 0.25) is 0 Å². The fraction of sp³-hybridized carbons (Fsp3) is 0.132. The number of anilines is 3. The largest absolute Gasteiger partial charge is 0.361 e. The fourth-order valence-corrected chi connectivity index (χ4v) is 8.10. The molecule has 0 unspecified atom stereocenters. The van der Waals surface area contributed by atoms with Gasteiger partial charge < -0.3 is 9.42 Å². The maximum Gasteiger partial charge on any atom is 0.197 e. The Balaban J connectivity index is 1.36. The number of thiophene rings is 1. The minimum atomic E-state index is -0.374. The molecule has 8 rings (SSSR count). The predicted molar refractivity (Wildman–Crippen MR) is 177 cm³/mol. The average molecular weight is 593 g/mol. The molecule has 0 amide bonds. The van der Waals surface area contributed by atoms with Gasteiger partial charge in [-0.2, -0.15) is 0 Å². The van der Waals surface area contributed by atoms with Crippen LogP contribution in [0.25, 0.3) is 28.0 Å². The highest BCUT2D eigenvalue weighted by molar-refractivity contribution is 7.17. The molecule has 0 bridgehead atoms. The van der Waals surface area contributed by atoms with E-state index < -0.39 is 0 Å². The number of carbonyl (C=O) groups is 2. The lowest BCUT2D eigenvalue weighted by Gasteiger charge is -2.40. The highest BCUT2D eigenvalue weighted by Crippen LogP contribution is 2.57. The molecule has 6 heteroatoms. The van der Waals surface area contributed by atoms with Gasteiger partial charge in [-0.1, -0.05) is 85.7 Å². The second-order valence-electron chi connectivity index (χ2n) is 12.0. The molecule has 2 aromatic heterocycles. The minimum Gasteiger partial charge on any atom is -0.361 e. The first-order valence-corrected chi connectivity index (χ1v) is 15.5. The number of hydrogen-bond acceptors (Lipinski definition) is 6. The number of hydrogen-bond donors (Lipinski definition) is 0. The highest BCUT2D eigenvalue weighted by Gasteiger charge is 2.40. The maximum atomic E-state index is 13.3. The quantitative estimate of drug-likeness (QED) is 0.151. The van der Waals surface area contributed by atoms with Gasteiger partial charge in [-0.15, -0.1) is 11.3 Å². The summed E-state index contributed by atoms with van der Waals surface area (Å²) in [6, 6.07) is 30.6. The van der Waals surface area contributed by atoms with Crippen molar-refractivity contribution in [3.63, 3.8) is 0 Å². The van der Waals surface area contributed by atoms with Crippen molar-refractivity contribution in [2.45, 2.75) is 33.1 Å². The first-order chi connectivity index (χ1) is 21.2. The summed E-state index contributed by atoms with van der Waals surface area (Å²) >= 11 is 1.61. The Morgan fingerprint density at radius 1 is 0.795 bits per heavy atom. The SMILES string of the molecule is Cc1noc(C)c1-c1ccc2c(c1)C(C)(C)c1cc(C=C3C(=O)c4ccccc4C3=O)sc1N2c1cccc2ccccc12. The third-order valence-corrected chi connectivity index (χ3v) is 10.1. The molecule has 0 N–H and O–H groups in total. The first-order valence-electron chi connectivity index (χ1n) is 14.6. The van der Waals surface area contributed by atoms with Crippen molar-refractivity contribution in [1.82, 2.24) is 5.16 Å². The summed E-state index contributed by atoms with van der Waals surface area (Å²) in [7, 11) is 0. The third-order valence-electron chi connectivity index (χ3n) is 9.04. The Labute approximate surface area is 259 Å². The summed E-state index contributed by atoms with van der Waals surface area (Å²) in [5.41, 5.74) is 8.21. The van der Waals surface area contributed by atoms with E-state index in [0.29, 0.717) is 11.1 Å². The Morgan fingerprint density at radius 2 is 1.50 bits per heavy atom. The second-order valence-corrected chi connectivity index (χ2v) is 13.1. The summed E-state index contributed by atoms with van der Waals surface area (Å²) in [5, 5.41) is 7.58. The van der Waals surface area contributed by atoms with Gasteiger partial charge >= 0.3 is 0 Å². The van der Waals surface area contributed by atoms with Crippen LogP contribution in [0.1, 0.15) is 62.0 Å². The van der Waals surface area contributed by atoms with Crippen molar-refractivity contribution in [3.05, 3.63) is 135 Å². The number of benzene rings is 4. The van der Waals surface area contributed by atoms with Crippen molar-refractivity contribution in [1.29, 1.82) is 0 Å². The van der Waals surface area contributed by atoms with E-state index in [2.05, 4.69) is 90.6 Å². The van der Waals surface area contributed by atoms with Crippen molar-refractivity contribution in [2.75, 3.05) is 4.90 Å². The monoisotopic (exact) mass is 592 g/mol. The van der Waals surface area contributed by atoms with Gasteiger partial charge in [0.1, 0.15) is 10.8 Å². The van der Waals surface area contributed by atoms with Gasteiger partial charge in [-0.05, 0) is 66.3 Å². The molecule has 0 fully saturated rings. The van der Waals surface area contributed by atoms with Crippen LogP contribution in [0.15, 0.2) is 101 Å². The molecule has 3 heterocycles. The number of ketones is 2. The molecule has 0 atom stereocenters. The molecule has 5 nitrogen and oxygen atoms in total. The molecule has 4 aromatic carbocycles. The highest BCUT2D eigenvalue weighted by atomic mass is 32.1. The number of carbonyl (C=O) groups excluding carboxylic acids is 2. The van der Waals surface area contributed by atoms with Crippen LogP contribution in [-0.4, -0.2) is 16.7 Å². The zero-order chi connectivity index (χ0) is 30.3. The molecule has 214 valence electrons. The standard InChI is InChI=1S/C38H28N2O3S/c1-21-34(22(2)43-39-21)24-16-17-33-30(18-24)38(3,4)31-20-25(19-29-35(41)27-13-7-8-14-28(27)36(29)42)44-37(31)40(33)32-15-9-11-23-10-5-6-12-26(23)32/h5-20H,1-4H3. The number of allylic oxidation sites excluding steroid dienone is 1. The Kier molecular flexibility index (Phi) is 5.71. The Hall–Kier alpha value is -5.07. The average Bonchev–Trinajstić information content (AvgIpc) is 3.68. The lowest BCUT2D eigenvalue weighted by molar-refractivity contribution is 0.0990. The Morgan fingerprint density at radius 3 is 2.23 bits per heavy atom. The molecule has 1 aliphatic carbocycles. The van der Waals surface area contributed by atoms with E-state index in [1.54, 1.807) is 41.7 Å². The lowest BCUT2D eigenvalue weighted by Crippen LogP contribution is -2.29. The van der Waals surface area contributed by atoms with Crippen molar-refractivity contribution < 1.29 is 14.1 Å². The summed E-state index contributed by atoms with van der Waals surface area (Å²) in [5.74, 6) is 0.364. The molecule has 0 spiro atoms. The topological polar surface area (TPSA) is 63.4 Å². The van der Waals surface area contributed by atoms with E-state index >= 15 is 0 Å². The van der Waals surface area contributed by atoms with Crippen LogP contribution in [0.4, 0.5) is 16.4 Å². The number of fused-ring (bicyclic) bond motifs is 4. The van der Waals surface area contributed by atoms with Crippen LogP contribution in [0.3, 0.4) is 0 Å². The van der Waals surface area contributed by atoms with Crippen molar-refractivity contribution in [2.24, 2.45) is 0 Å². The lowest BCUT2D eigenvalue weighted by atomic mass is 9.74. The molecule has 2 aliphatic rings. The van der Waals surface area contributed by atoms with E-state index in [1.807, 2.05) is 13.8 Å². The molecule has 0 radical (unpaired) electrons. The first kappa shape index (κ1) is 26.5. The number of aryl methyl sites for hydroxylation is 2. The summed E-state index contributed by atoms with van der Waals surface area (Å²) in [6.45, 7) is 8.41. The number of aromatic nitrogens is 1. The van der Waals surface area contributed by atoms with Crippen molar-refractivity contribution >= 4 is 56.1 Å². The van der Waals surface area contributed by atoms with Gasteiger partial charge in [0.15, 0.2) is 11.6 Å². The summed E-state index contributed by atoms with van der Waals surface area (Å²) in [4.78, 5) is 29.8. The molecule has 1 aliphatic heterocycles. The van der Waals surface area contributed by atoms with E-state index in [9.17, 15) is 9.59 Å². The van der Waals surface area contributed by atoms with Crippen LogP contribution in [0, 0.1) is 13.8 Å². The van der Waals surface area contributed by atoms with Gasteiger partial charge in [0, 0.05) is 32.4 Å². The predicted octanol–water partition coefficient (Wildman–Crippen LogP) is 9.74. The molecular formula is C38H28N2O3S. The fourth-order valence-electron chi connectivity index (χ4n) is 6.81. The van der Waals surface area contributed by atoms with Crippen LogP contribution < -0.4 is 4.90 Å². The zero-order valence-corrected chi connectivity index (χ0v) is 25.6.